The van der Waals surface area contributed by atoms with Crippen LogP contribution in [0.4, 0.5) is 0 Å². The van der Waals surface area contributed by atoms with Gasteiger partial charge >= 0.3 is 0 Å². The van der Waals surface area contributed by atoms with Gasteiger partial charge in [0.2, 0.25) is 5.88 Å². The molecule has 1 saturated heterocycles. The Morgan fingerprint density at radius 2 is 2.19 bits per heavy atom. The summed E-state index contributed by atoms with van der Waals surface area (Å²) in [6.07, 6.45) is 3.96. The topological polar surface area (TPSA) is 43.4 Å². The molecule has 118 valence electrons. The maximum absolute atomic E-state index is 5.96. The number of aromatic nitrogens is 1. The molecule has 0 spiro atoms. The van der Waals surface area contributed by atoms with Crippen molar-refractivity contribution < 1.29 is 9.47 Å². The Labute approximate surface area is 135 Å². The minimum atomic E-state index is 0.584. The van der Waals surface area contributed by atoms with Crippen LogP contribution in [-0.2, 0) is 11.3 Å². The van der Waals surface area contributed by atoms with Gasteiger partial charge in [0.05, 0.1) is 6.61 Å². The van der Waals surface area contributed by atoms with Gasteiger partial charge in [0.15, 0.2) is 0 Å². The van der Waals surface area contributed by atoms with Gasteiger partial charge in [-0.25, -0.2) is 4.98 Å². The van der Waals surface area contributed by atoms with Crippen LogP contribution in [0.2, 0.25) is 0 Å². The molecule has 0 bridgehead atoms. The van der Waals surface area contributed by atoms with Crippen LogP contribution in [0.1, 0.15) is 32.3 Å². The third kappa shape index (κ3) is 5.93. The number of nitrogens with zero attached hydrogens (tertiary/aromatic N) is 1. The fraction of sp³-hybridized carbons (Fsp3) is 0.688. The predicted molar refractivity (Wildman–Crippen MR) is 87.5 cm³/mol. The SMILES string of the molecule is CC(C)CNCc1cc(Br)cnc1OCC1CCOCC1. The van der Waals surface area contributed by atoms with Gasteiger partial charge < -0.3 is 14.8 Å². The first-order chi connectivity index (χ1) is 10.1. The highest BCUT2D eigenvalue weighted by Gasteiger charge is 2.16. The zero-order chi connectivity index (χ0) is 15.1. The molecule has 2 heterocycles. The molecule has 5 heteroatoms. The molecule has 4 nitrogen and oxygen atoms in total. The molecule has 0 amide bonds. The number of hydrogen-bond donors (Lipinski definition) is 1. The maximum atomic E-state index is 5.96. The van der Waals surface area contributed by atoms with Crippen molar-refractivity contribution in [3.8, 4) is 5.88 Å². The molecule has 0 saturated carbocycles. The average Bonchev–Trinajstić information content (AvgIpc) is 2.47. The van der Waals surface area contributed by atoms with Gasteiger partial charge in [0, 0.05) is 36.0 Å². The standard InChI is InChI=1S/C16H25BrN2O2/c1-12(2)8-18-9-14-7-15(17)10-19-16(14)21-11-13-3-5-20-6-4-13/h7,10,12-13,18H,3-6,8-9,11H2,1-2H3. The number of nitrogens with one attached hydrogen (secondary N) is 1. The molecule has 0 atom stereocenters. The highest BCUT2D eigenvalue weighted by molar-refractivity contribution is 9.10. The highest BCUT2D eigenvalue weighted by atomic mass is 79.9. The van der Waals surface area contributed by atoms with Gasteiger partial charge in [0.25, 0.3) is 0 Å². The molecule has 1 aliphatic heterocycles. The van der Waals surface area contributed by atoms with E-state index >= 15 is 0 Å². The number of rotatable bonds is 7. The van der Waals surface area contributed by atoms with E-state index in [0.717, 1.165) is 61.7 Å². The summed E-state index contributed by atoms with van der Waals surface area (Å²) < 4.78 is 12.3. The van der Waals surface area contributed by atoms with Crippen LogP contribution in [0, 0.1) is 11.8 Å². The Bertz CT molecular complexity index is 434. The Hall–Kier alpha value is -0.650. The van der Waals surface area contributed by atoms with E-state index in [9.17, 15) is 0 Å². The van der Waals surface area contributed by atoms with Gasteiger partial charge in [-0.2, -0.15) is 0 Å². The van der Waals surface area contributed by atoms with Crippen molar-refractivity contribution >= 4 is 15.9 Å². The van der Waals surface area contributed by atoms with Crippen molar-refractivity contribution in [2.75, 3.05) is 26.4 Å². The minimum Gasteiger partial charge on any atom is -0.477 e. The third-order valence-corrected chi connectivity index (χ3v) is 3.99. The molecule has 0 aliphatic carbocycles. The molecule has 1 fully saturated rings. The largest absolute Gasteiger partial charge is 0.477 e. The second kappa shape index (κ2) is 8.71. The van der Waals surface area contributed by atoms with Gasteiger partial charge in [0.1, 0.15) is 0 Å². The van der Waals surface area contributed by atoms with Crippen molar-refractivity contribution in [1.82, 2.24) is 10.3 Å². The van der Waals surface area contributed by atoms with Crippen LogP contribution in [0.25, 0.3) is 0 Å². The van der Waals surface area contributed by atoms with E-state index in [1.807, 2.05) is 0 Å². The number of halogens is 1. The molecule has 1 N–H and O–H groups in total. The smallest absolute Gasteiger partial charge is 0.217 e. The highest BCUT2D eigenvalue weighted by Crippen LogP contribution is 2.22. The minimum absolute atomic E-state index is 0.584. The fourth-order valence-electron chi connectivity index (χ4n) is 2.33. The van der Waals surface area contributed by atoms with Crippen LogP contribution < -0.4 is 10.1 Å². The Balaban J connectivity index is 1.90. The Kier molecular flexibility index (Phi) is 6.93. The molecule has 0 unspecified atom stereocenters. The van der Waals surface area contributed by atoms with Crippen molar-refractivity contribution in [3.63, 3.8) is 0 Å². The average molecular weight is 357 g/mol. The van der Waals surface area contributed by atoms with E-state index < -0.39 is 0 Å². The molecular weight excluding hydrogens is 332 g/mol. The first-order valence-corrected chi connectivity index (χ1v) is 8.50. The van der Waals surface area contributed by atoms with E-state index in [1.165, 1.54) is 0 Å². The lowest BCUT2D eigenvalue weighted by Crippen LogP contribution is -2.23. The van der Waals surface area contributed by atoms with Crippen LogP contribution in [-0.4, -0.2) is 31.3 Å². The zero-order valence-electron chi connectivity index (χ0n) is 12.9. The summed E-state index contributed by atoms with van der Waals surface area (Å²) in [6, 6.07) is 2.08. The van der Waals surface area contributed by atoms with Crippen LogP contribution in [0.15, 0.2) is 16.7 Å². The Morgan fingerprint density at radius 1 is 1.43 bits per heavy atom. The first-order valence-electron chi connectivity index (χ1n) is 7.71. The van der Waals surface area contributed by atoms with E-state index in [2.05, 4.69) is 46.1 Å². The van der Waals surface area contributed by atoms with Crippen molar-refractivity contribution in [2.24, 2.45) is 11.8 Å². The third-order valence-electron chi connectivity index (χ3n) is 3.56. The second-order valence-corrected chi connectivity index (χ2v) is 6.92. The van der Waals surface area contributed by atoms with Gasteiger partial charge in [-0.1, -0.05) is 13.8 Å². The van der Waals surface area contributed by atoms with Crippen molar-refractivity contribution in [1.29, 1.82) is 0 Å². The van der Waals surface area contributed by atoms with Gasteiger partial charge in [-0.3, -0.25) is 0 Å². The van der Waals surface area contributed by atoms with E-state index in [1.54, 1.807) is 6.20 Å². The maximum Gasteiger partial charge on any atom is 0.217 e. The molecule has 1 aromatic heterocycles. The molecule has 1 aliphatic rings. The molecule has 1 aromatic rings. The quantitative estimate of drug-likeness (QED) is 0.812. The van der Waals surface area contributed by atoms with Crippen molar-refractivity contribution in [2.45, 2.75) is 33.2 Å². The number of pyridine rings is 1. The number of hydrogen-bond acceptors (Lipinski definition) is 4. The summed E-state index contributed by atoms with van der Waals surface area (Å²) in [6.45, 7) is 8.62. The first kappa shape index (κ1) is 16.7. The van der Waals surface area contributed by atoms with E-state index in [4.69, 9.17) is 9.47 Å². The summed E-state index contributed by atoms with van der Waals surface area (Å²) in [7, 11) is 0. The summed E-state index contributed by atoms with van der Waals surface area (Å²) in [5.74, 6) is 1.97. The lowest BCUT2D eigenvalue weighted by atomic mass is 10.0. The van der Waals surface area contributed by atoms with E-state index in [-0.39, 0.29) is 0 Å². The van der Waals surface area contributed by atoms with Gasteiger partial charge in [-0.05, 0) is 53.2 Å². The fourth-order valence-corrected chi connectivity index (χ4v) is 2.71. The lowest BCUT2D eigenvalue weighted by Gasteiger charge is -2.22. The summed E-state index contributed by atoms with van der Waals surface area (Å²) in [4.78, 5) is 4.42. The van der Waals surface area contributed by atoms with Gasteiger partial charge in [-0.15, -0.1) is 0 Å². The molecule has 2 rings (SSSR count). The van der Waals surface area contributed by atoms with Crippen LogP contribution in [0.3, 0.4) is 0 Å². The molecule has 0 radical (unpaired) electrons. The predicted octanol–water partition coefficient (Wildman–Crippen LogP) is 3.40. The van der Waals surface area contributed by atoms with Crippen LogP contribution >= 0.6 is 15.9 Å². The zero-order valence-corrected chi connectivity index (χ0v) is 14.5. The summed E-state index contributed by atoms with van der Waals surface area (Å²) in [5, 5.41) is 3.45. The number of ether oxygens (including phenoxy) is 2. The van der Waals surface area contributed by atoms with Crippen LogP contribution in [0.5, 0.6) is 5.88 Å². The van der Waals surface area contributed by atoms with E-state index in [0.29, 0.717) is 11.8 Å². The molecule has 0 aromatic carbocycles. The normalized spacial score (nSPS) is 16.4. The monoisotopic (exact) mass is 356 g/mol. The second-order valence-electron chi connectivity index (χ2n) is 6.01. The van der Waals surface area contributed by atoms with Crippen molar-refractivity contribution in [3.05, 3.63) is 22.3 Å². The lowest BCUT2D eigenvalue weighted by molar-refractivity contribution is 0.0488. The summed E-state index contributed by atoms with van der Waals surface area (Å²) in [5.41, 5.74) is 1.11. The molecular formula is C16H25BrN2O2. The summed E-state index contributed by atoms with van der Waals surface area (Å²) >= 11 is 3.48. The molecule has 21 heavy (non-hydrogen) atoms. The Morgan fingerprint density at radius 3 is 2.90 bits per heavy atom.